The van der Waals surface area contributed by atoms with Crippen LogP contribution in [0.4, 0.5) is 17.5 Å². The van der Waals surface area contributed by atoms with E-state index in [1.807, 2.05) is 31.3 Å². The highest BCUT2D eigenvalue weighted by molar-refractivity contribution is 5.66. The lowest BCUT2D eigenvalue weighted by Crippen LogP contribution is -2.04. The Morgan fingerprint density at radius 2 is 1.91 bits per heavy atom. The molecule has 0 aliphatic heterocycles. The second kappa shape index (κ2) is 6.09. The molecule has 0 atom stereocenters. The Kier molecular flexibility index (Phi) is 4.00. The van der Waals surface area contributed by atoms with Gasteiger partial charge in [-0.3, -0.25) is 0 Å². The van der Waals surface area contributed by atoms with Crippen LogP contribution in [-0.2, 0) is 0 Å². The monoisotopic (exact) mass is 300 g/mol. The highest BCUT2D eigenvalue weighted by Crippen LogP contribution is 2.40. The van der Waals surface area contributed by atoms with Crippen molar-refractivity contribution in [1.82, 2.24) is 9.97 Å². The maximum atomic E-state index is 5.41. The molecule has 1 fully saturated rings. The van der Waals surface area contributed by atoms with Crippen molar-refractivity contribution in [1.29, 1.82) is 0 Å². The normalized spacial score (nSPS) is 13.6. The molecular formula is C16H20N4O2. The Balaban J connectivity index is 1.90. The van der Waals surface area contributed by atoms with E-state index in [2.05, 4.69) is 20.6 Å². The van der Waals surface area contributed by atoms with Gasteiger partial charge < -0.3 is 20.1 Å². The van der Waals surface area contributed by atoms with E-state index in [4.69, 9.17) is 9.47 Å². The summed E-state index contributed by atoms with van der Waals surface area (Å²) in [6.07, 6.45) is 2.40. The molecular weight excluding hydrogens is 280 g/mol. The summed E-state index contributed by atoms with van der Waals surface area (Å²) < 4.78 is 10.6. The summed E-state index contributed by atoms with van der Waals surface area (Å²) in [5.74, 6) is 3.40. The quantitative estimate of drug-likeness (QED) is 0.854. The SMILES string of the molecule is CNc1nc(Nc2ccc(OC)cc2OC)cc(C2CC2)n1. The predicted octanol–water partition coefficient (Wildman–Crippen LogP) is 3.16. The third-order valence-corrected chi connectivity index (χ3v) is 3.64. The Bertz CT molecular complexity index is 671. The molecule has 0 unspecified atom stereocenters. The van der Waals surface area contributed by atoms with Gasteiger partial charge in [-0.15, -0.1) is 0 Å². The van der Waals surface area contributed by atoms with Crippen LogP contribution in [-0.4, -0.2) is 31.2 Å². The fraction of sp³-hybridized carbons (Fsp3) is 0.375. The number of rotatable bonds is 6. The number of nitrogens with zero attached hydrogens (tertiary/aromatic N) is 2. The number of hydrogen-bond acceptors (Lipinski definition) is 6. The van der Waals surface area contributed by atoms with Gasteiger partial charge in [-0.05, 0) is 25.0 Å². The summed E-state index contributed by atoms with van der Waals surface area (Å²) in [4.78, 5) is 8.97. The van der Waals surface area contributed by atoms with Crippen LogP contribution < -0.4 is 20.1 Å². The standard InChI is InChI=1S/C16H20N4O2/c1-17-16-19-13(10-4-5-10)9-15(20-16)18-12-7-6-11(21-2)8-14(12)22-3/h6-10H,4-5H2,1-3H3,(H2,17,18,19,20). The lowest BCUT2D eigenvalue weighted by atomic mass is 10.2. The molecule has 1 aromatic carbocycles. The van der Waals surface area contributed by atoms with Crippen molar-refractivity contribution >= 4 is 17.5 Å². The highest BCUT2D eigenvalue weighted by atomic mass is 16.5. The van der Waals surface area contributed by atoms with Crippen molar-refractivity contribution in [3.8, 4) is 11.5 Å². The maximum absolute atomic E-state index is 5.41. The summed E-state index contributed by atoms with van der Waals surface area (Å²) in [7, 11) is 5.09. The van der Waals surface area contributed by atoms with Crippen LogP contribution in [0.5, 0.6) is 11.5 Å². The zero-order valence-corrected chi connectivity index (χ0v) is 13.0. The van der Waals surface area contributed by atoms with Crippen molar-refractivity contribution in [2.24, 2.45) is 0 Å². The predicted molar refractivity (Wildman–Crippen MR) is 86.4 cm³/mol. The molecule has 0 bridgehead atoms. The van der Waals surface area contributed by atoms with Crippen LogP contribution in [0.2, 0.25) is 0 Å². The number of ether oxygens (including phenoxy) is 2. The van der Waals surface area contributed by atoms with Crippen LogP contribution in [0.15, 0.2) is 24.3 Å². The maximum Gasteiger partial charge on any atom is 0.224 e. The molecule has 0 spiro atoms. The summed E-state index contributed by atoms with van der Waals surface area (Å²) in [5.41, 5.74) is 1.92. The number of hydrogen-bond donors (Lipinski definition) is 2. The summed E-state index contributed by atoms with van der Waals surface area (Å²) in [5, 5.41) is 6.31. The number of methoxy groups -OCH3 is 2. The first-order valence-electron chi connectivity index (χ1n) is 7.29. The topological polar surface area (TPSA) is 68.3 Å². The Morgan fingerprint density at radius 1 is 1.09 bits per heavy atom. The number of benzene rings is 1. The van der Waals surface area contributed by atoms with E-state index in [0.717, 1.165) is 22.9 Å². The molecule has 6 nitrogen and oxygen atoms in total. The van der Waals surface area contributed by atoms with Gasteiger partial charge in [0.25, 0.3) is 0 Å². The minimum atomic E-state index is 0.563. The van der Waals surface area contributed by atoms with Crippen LogP contribution in [0.25, 0.3) is 0 Å². The van der Waals surface area contributed by atoms with E-state index in [9.17, 15) is 0 Å². The fourth-order valence-electron chi connectivity index (χ4n) is 2.27. The minimum absolute atomic E-state index is 0.563. The number of anilines is 3. The first kappa shape index (κ1) is 14.4. The molecule has 3 rings (SSSR count). The van der Waals surface area contributed by atoms with E-state index >= 15 is 0 Å². The number of nitrogens with one attached hydrogen (secondary N) is 2. The first-order valence-corrected chi connectivity index (χ1v) is 7.29. The minimum Gasteiger partial charge on any atom is -0.497 e. The van der Waals surface area contributed by atoms with E-state index in [-0.39, 0.29) is 0 Å². The van der Waals surface area contributed by atoms with E-state index in [0.29, 0.717) is 17.6 Å². The van der Waals surface area contributed by atoms with Crippen molar-refractivity contribution in [2.45, 2.75) is 18.8 Å². The van der Waals surface area contributed by atoms with Gasteiger partial charge >= 0.3 is 0 Å². The number of aromatic nitrogens is 2. The summed E-state index contributed by atoms with van der Waals surface area (Å²) in [6.45, 7) is 0. The van der Waals surface area contributed by atoms with Gasteiger partial charge in [0.15, 0.2) is 0 Å². The average molecular weight is 300 g/mol. The zero-order valence-electron chi connectivity index (χ0n) is 13.0. The molecule has 0 saturated heterocycles. The van der Waals surface area contributed by atoms with Crippen molar-refractivity contribution < 1.29 is 9.47 Å². The van der Waals surface area contributed by atoms with Crippen LogP contribution in [0, 0.1) is 0 Å². The molecule has 1 saturated carbocycles. The molecule has 116 valence electrons. The van der Waals surface area contributed by atoms with Crippen molar-refractivity contribution in [3.05, 3.63) is 30.0 Å². The van der Waals surface area contributed by atoms with Crippen LogP contribution in [0.1, 0.15) is 24.5 Å². The van der Waals surface area contributed by atoms with Crippen molar-refractivity contribution in [2.75, 3.05) is 31.9 Å². The molecule has 1 heterocycles. The Labute approximate surface area is 129 Å². The summed E-state index contributed by atoms with van der Waals surface area (Å²) >= 11 is 0. The largest absolute Gasteiger partial charge is 0.497 e. The third-order valence-electron chi connectivity index (χ3n) is 3.64. The van der Waals surface area contributed by atoms with E-state index < -0.39 is 0 Å². The zero-order chi connectivity index (χ0) is 15.5. The van der Waals surface area contributed by atoms with Crippen molar-refractivity contribution in [3.63, 3.8) is 0 Å². The average Bonchev–Trinajstić information content (AvgIpc) is 3.39. The van der Waals surface area contributed by atoms with E-state index in [1.165, 1.54) is 12.8 Å². The van der Waals surface area contributed by atoms with Gasteiger partial charge in [-0.1, -0.05) is 0 Å². The Morgan fingerprint density at radius 3 is 2.55 bits per heavy atom. The van der Waals surface area contributed by atoms with Gasteiger partial charge in [0, 0.05) is 25.1 Å². The third kappa shape index (κ3) is 3.05. The van der Waals surface area contributed by atoms with Gasteiger partial charge in [-0.25, -0.2) is 4.98 Å². The molecule has 0 amide bonds. The lowest BCUT2D eigenvalue weighted by Gasteiger charge is -2.13. The molecule has 2 N–H and O–H groups in total. The van der Waals surface area contributed by atoms with Crippen LogP contribution in [0.3, 0.4) is 0 Å². The second-order valence-corrected chi connectivity index (χ2v) is 5.22. The smallest absolute Gasteiger partial charge is 0.224 e. The molecule has 6 heteroatoms. The second-order valence-electron chi connectivity index (χ2n) is 5.22. The molecule has 22 heavy (non-hydrogen) atoms. The van der Waals surface area contributed by atoms with Gasteiger partial charge in [0.1, 0.15) is 17.3 Å². The molecule has 0 radical (unpaired) electrons. The van der Waals surface area contributed by atoms with Gasteiger partial charge in [-0.2, -0.15) is 4.98 Å². The molecule has 1 aliphatic carbocycles. The van der Waals surface area contributed by atoms with Gasteiger partial charge in [0.2, 0.25) is 5.95 Å². The lowest BCUT2D eigenvalue weighted by molar-refractivity contribution is 0.395. The fourth-order valence-corrected chi connectivity index (χ4v) is 2.27. The summed E-state index contributed by atoms with van der Waals surface area (Å²) in [6, 6.07) is 7.63. The van der Waals surface area contributed by atoms with Gasteiger partial charge in [0.05, 0.1) is 25.6 Å². The highest BCUT2D eigenvalue weighted by Gasteiger charge is 2.26. The molecule has 1 aromatic heterocycles. The van der Waals surface area contributed by atoms with E-state index in [1.54, 1.807) is 14.2 Å². The Hall–Kier alpha value is -2.50. The first-order chi connectivity index (χ1) is 10.7. The van der Waals surface area contributed by atoms with Crippen LogP contribution >= 0.6 is 0 Å². The molecule has 2 aromatic rings. The molecule has 1 aliphatic rings.